The van der Waals surface area contributed by atoms with Gasteiger partial charge in [0, 0.05) is 6.20 Å². The zero-order valence-electron chi connectivity index (χ0n) is 6.07. The number of rotatable bonds is 1. The largest absolute Gasteiger partial charge is 0.446 e. The minimum atomic E-state index is -0.205. The lowest BCUT2D eigenvalue weighted by Gasteiger charge is -2.18. The first-order chi connectivity index (χ1) is 5.31. The number of nitrogens with zero attached hydrogens (tertiary/aromatic N) is 1. The molecule has 4 heteroatoms. The number of thioether (sulfide) groups is 1. The van der Waals surface area contributed by atoms with Crippen LogP contribution >= 0.6 is 11.8 Å². The molecule has 0 aliphatic carbocycles. The average molecular weight is 168 g/mol. The fourth-order valence-corrected chi connectivity index (χ4v) is 1.71. The summed E-state index contributed by atoms with van der Waals surface area (Å²) in [6.07, 6.45) is 5.14. The Labute approximate surface area is 68.9 Å². The summed E-state index contributed by atoms with van der Waals surface area (Å²) in [5, 5.41) is 5.15. The van der Waals surface area contributed by atoms with Gasteiger partial charge in [0.25, 0.3) is 0 Å². The maximum atomic E-state index is 5.19. The van der Waals surface area contributed by atoms with Gasteiger partial charge < -0.3 is 9.73 Å². The molecule has 2 heterocycles. The van der Waals surface area contributed by atoms with Crippen molar-refractivity contribution in [3.8, 4) is 0 Å². The zero-order valence-corrected chi connectivity index (χ0v) is 6.89. The molecule has 1 atom stereocenters. The molecule has 0 bridgehead atoms. The number of hydrogen-bond acceptors (Lipinski definition) is 4. The molecule has 0 amide bonds. The van der Waals surface area contributed by atoms with E-state index in [4.69, 9.17) is 4.42 Å². The van der Waals surface area contributed by atoms with E-state index in [0.717, 1.165) is 0 Å². The Morgan fingerprint density at radius 3 is 3.18 bits per heavy atom. The van der Waals surface area contributed by atoms with Crippen LogP contribution in [0.5, 0.6) is 0 Å². The van der Waals surface area contributed by atoms with Gasteiger partial charge in [0.1, 0.15) is 6.26 Å². The summed E-state index contributed by atoms with van der Waals surface area (Å²) >= 11 is 1.65. The summed E-state index contributed by atoms with van der Waals surface area (Å²) in [5.74, 6) is 0.715. The van der Waals surface area contributed by atoms with Crippen LogP contribution in [-0.2, 0) is 4.87 Å². The second-order valence-electron chi connectivity index (χ2n) is 2.44. The van der Waals surface area contributed by atoms with Crippen LogP contribution in [0.1, 0.15) is 12.8 Å². The monoisotopic (exact) mass is 168 g/mol. The minimum Gasteiger partial charge on any atom is -0.446 e. The van der Waals surface area contributed by atoms with E-state index in [-0.39, 0.29) is 4.87 Å². The molecular weight excluding hydrogens is 160 g/mol. The van der Waals surface area contributed by atoms with E-state index in [1.165, 1.54) is 0 Å². The summed E-state index contributed by atoms with van der Waals surface area (Å²) in [6.45, 7) is 2.03. The Bertz CT molecular complexity index is 260. The van der Waals surface area contributed by atoms with E-state index in [0.29, 0.717) is 5.89 Å². The van der Waals surface area contributed by atoms with Gasteiger partial charge in [-0.1, -0.05) is 11.8 Å². The van der Waals surface area contributed by atoms with Gasteiger partial charge in [0.05, 0.1) is 6.20 Å². The van der Waals surface area contributed by atoms with Gasteiger partial charge in [0.15, 0.2) is 4.87 Å². The predicted octanol–water partition coefficient (Wildman–Crippen LogP) is 1.65. The molecule has 1 aromatic rings. The molecule has 58 valence electrons. The van der Waals surface area contributed by atoms with E-state index < -0.39 is 0 Å². The summed E-state index contributed by atoms with van der Waals surface area (Å²) in [5.41, 5.74) is 0. The van der Waals surface area contributed by atoms with Crippen LogP contribution in [0.3, 0.4) is 0 Å². The maximum Gasteiger partial charge on any atom is 0.230 e. The highest BCUT2D eigenvalue weighted by atomic mass is 32.2. The van der Waals surface area contributed by atoms with Gasteiger partial charge in [-0.25, -0.2) is 4.98 Å². The van der Waals surface area contributed by atoms with Crippen molar-refractivity contribution in [2.75, 3.05) is 0 Å². The quantitative estimate of drug-likeness (QED) is 0.692. The lowest BCUT2D eigenvalue weighted by Crippen LogP contribution is -2.28. The van der Waals surface area contributed by atoms with Crippen LogP contribution in [0.4, 0.5) is 0 Å². The van der Waals surface area contributed by atoms with E-state index in [9.17, 15) is 0 Å². The molecule has 1 aliphatic rings. The van der Waals surface area contributed by atoms with Gasteiger partial charge in [-0.15, -0.1) is 0 Å². The molecule has 1 aliphatic heterocycles. The Hall–Kier alpha value is -0.900. The van der Waals surface area contributed by atoms with E-state index in [1.807, 2.05) is 18.5 Å². The third-order valence-electron chi connectivity index (χ3n) is 1.57. The number of hydrogen-bond donors (Lipinski definition) is 1. The molecule has 1 unspecified atom stereocenters. The number of aromatic nitrogens is 1. The standard InChI is InChI=1S/C7H8N2OS/c1-7(9-3-5-11-7)6-8-2-4-10-6/h2-5,9H,1H3. The molecule has 0 saturated carbocycles. The highest BCUT2D eigenvalue weighted by Gasteiger charge is 2.32. The molecule has 0 aromatic carbocycles. The molecule has 0 fully saturated rings. The van der Waals surface area contributed by atoms with Crippen LogP contribution in [0, 0.1) is 0 Å². The Morgan fingerprint density at radius 2 is 2.64 bits per heavy atom. The minimum absolute atomic E-state index is 0.205. The van der Waals surface area contributed by atoms with Gasteiger partial charge in [-0.2, -0.15) is 0 Å². The van der Waals surface area contributed by atoms with E-state index >= 15 is 0 Å². The SMILES string of the molecule is CC1(c2ncco2)NC=CS1. The first-order valence-electron chi connectivity index (χ1n) is 3.32. The molecule has 11 heavy (non-hydrogen) atoms. The van der Waals surface area contributed by atoms with Crippen molar-refractivity contribution in [2.45, 2.75) is 11.8 Å². The summed E-state index contributed by atoms with van der Waals surface area (Å²) in [7, 11) is 0. The normalized spacial score (nSPS) is 28.8. The third-order valence-corrected chi connectivity index (χ3v) is 2.61. The van der Waals surface area contributed by atoms with Crippen LogP contribution < -0.4 is 5.32 Å². The fourth-order valence-electron chi connectivity index (χ4n) is 0.968. The number of nitrogens with one attached hydrogen (secondary N) is 1. The second-order valence-corrected chi connectivity index (χ2v) is 3.76. The Kier molecular flexibility index (Phi) is 1.42. The van der Waals surface area contributed by atoms with Crippen molar-refractivity contribution in [2.24, 2.45) is 0 Å². The fraction of sp³-hybridized carbons (Fsp3) is 0.286. The lowest BCUT2D eigenvalue weighted by molar-refractivity contribution is 0.418. The van der Waals surface area contributed by atoms with Gasteiger partial charge in [-0.05, 0) is 12.3 Å². The van der Waals surface area contributed by atoms with Crippen molar-refractivity contribution in [3.05, 3.63) is 30.0 Å². The van der Waals surface area contributed by atoms with Gasteiger partial charge >= 0.3 is 0 Å². The Morgan fingerprint density at radius 1 is 1.73 bits per heavy atom. The summed E-state index contributed by atoms with van der Waals surface area (Å²) < 4.78 is 5.19. The first-order valence-corrected chi connectivity index (χ1v) is 4.20. The smallest absolute Gasteiger partial charge is 0.230 e. The van der Waals surface area contributed by atoms with Crippen molar-refractivity contribution in [1.29, 1.82) is 0 Å². The zero-order chi connectivity index (χ0) is 7.73. The summed E-state index contributed by atoms with van der Waals surface area (Å²) in [6, 6.07) is 0. The van der Waals surface area contributed by atoms with Gasteiger partial charge in [-0.3, -0.25) is 0 Å². The molecule has 3 nitrogen and oxygen atoms in total. The van der Waals surface area contributed by atoms with Crippen molar-refractivity contribution in [1.82, 2.24) is 10.3 Å². The maximum absolute atomic E-state index is 5.19. The topological polar surface area (TPSA) is 38.1 Å². The third kappa shape index (κ3) is 1.03. The second kappa shape index (κ2) is 2.30. The molecular formula is C7H8N2OS. The van der Waals surface area contributed by atoms with Crippen molar-refractivity contribution in [3.63, 3.8) is 0 Å². The van der Waals surface area contributed by atoms with Crippen molar-refractivity contribution >= 4 is 11.8 Å². The van der Waals surface area contributed by atoms with Gasteiger partial charge in [0.2, 0.25) is 5.89 Å². The van der Waals surface area contributed by atoms with Crippen LogP contribution in [-0.4, -0.2) is 4.98 Å². The lowest BCUT2D eigenvalue weighted by atomic mass is 10.3. The molecule has 1 aromatic heterocycles. The van der Waals surface area contributed by atoms with Crippen LogP contribution in [0.25, 0.3) is 0 Å². The number of oxazole rings is 1. The van der Waals surface area contributed by atoms with E-state index in [2.05, 4.69) is 10.3 Å². The molecule has 0 saturated heterocycles. The summed E-state index contributed by atoms with van der Waals surface area (Å²) in [4.78, 5) is 3.88. The van der Waals surface area contributed by atoms with E-state index in [1.54, 1.807) is 24.2 Å². The van der Waals surface area contributed by atoms with Crippen LogP contribution in [0.2, 0.25) is 0 Å². The molecule has 1 N–H and O–H groups in total. The highest BCUT2D eigenvalue weighted by molar-refractivity contribution is 8.03. The van der Waals surface area contributed by atoms with Crippen LogP contribution in [0.15, 0.2) is 28.5 Å². The highest BCUT2D eigenvalue weighted by Crippen LogP contribution is 2.36. The molecule has 0 radical (unpaired) electrons. The van der Waals surface area contributed by atoms with Crippen molar-refractivity contribution < 1.29 is 4.42 Å². The predicted molar refractivity (Wildman–Crippen MR) is 43.7 cm³/mol. The Balaban J connectivity index is 2.29. The molecule has 2 rings (SSSR count). The average Bonchev–Trinajstić information content (AvgIpc) is 2.55. The first kappa shape index (κ1) is 6.79. The molecule has 0 spiro atoms.